The van der Waals surface area contributed by atoms with Crippen LogP contribution >= 0.6 is 0 Å². The number of nitrogens with zero attached hydrogens (tertiary/aromatic N) is 2. The minimum atomic E-state index is 0.357. The lowest BCUT2D eigenvalue weighted by molar-refractivity contribution is 0.0641. The van der Waals surface area contributed by atoms with E-state index in [1.807, 2.05) is 0 Å². The molecule has 0 aromatic carbocycles. The van der Waals surface area contributed by atoms with Gasteiger partial charge in [-0.15, -0.1) is 0 Å². The Balaban J connectivity index is 1.96. The average molecular weight is 224 g/mol. The Labute approximate surface area is 101 Å². The highest BCUT2D eigenvalue weighted by Crippen LogP contribution is 2.34. The van der Waals surface area contributed by atoms with Crippen molar-refractivity contribution in [3.63, 3.8) is 0 Å². The fraction of sp³-hybridized carbons (Fsp3) is 1.00. The van der Waals surface area contributed by atoms with Gasteiger partial charge in [0.05, 0.1) is 0 Å². The average Bonchev–Trinajstić information content (AvgIpc) is 2.58. The number of rotatable bonds is 1. The smallest absolute Gasteiger partial charge is 0.0125 e. The van der Waals surface area contributed by atoms with E-state index in [1.165, 1.54) is 32.6 Å². The van der Waals surface area contributed by atoms with Crippen LogP contribution in [0.1, 0.15) is 41.0 Å². The molecule has 0 radical (unpaired) electrons. The van der Waals surface area contributed by atoms with Crippen molar-refractivity contribution in [2.45, 2.75) is 52.6 Å². The number of hydrogen-bond acceptors (Lipinski definition) is 2. The minimum absolute atomic E-state index is 0.357. The first-order valence-electron chi connectivity index (χ1n) is 6.87. The van der Waals surface area contributed by atoms with Crippen molar-refractivity contribution < 1.29 is 0 Å². The summed E-state index contributed by atoms with van der Waals surface area (Å²) in [5, 5.41) is 0. The van der Waals surface area contributed by atoms with Crippen LogP contribution in [0.3, 0.4) is 0 Å². The van der Waals surface area contributed by atoms with Crippen LogP contribution in [0.5, 0.6) is 0 Å². The molecule has 2 fully saturated rings. The summed E-state index contributed by atoms with van der Waals surface area (Å²) in [6.45, 7) is 17.0. The van der Waals surface area contributed by atoms with Crippen LogP contribution < -0.4 is 0 Å². The lowest BCUT2D eigenvalue weighted by atomic mass is 9.86. The maximum absolute atomic E-state index is 2.68. The van der Waals surface area contributed by atoms with Gasteiger partial charge in [0.25, 0.3) is 0 Å². The fourth-order valence-electron chi connectivity index (χ4n) is 3.24. The molecule has 2 atom stereocenters. The quantitative estimate of drug-likeness (QED) is 0.675. The molecule has 16 heavy (non-hydrogen) atoms. The van der Waals surface area contributed by atoms with E-state index < -0.39 is 0 Å². The van der Waals surface area contributed by atoms with Crippen LogP contribution in [-0.2, 0) is 0 Å². The molecule has 2 nitrogen and oxygen atoms in total. The standard InChI is InChI=1S/C14H28N2/c1-11(2)15-8-12-6-7-16(14(3,4)5)10-13(12)9-15/h11-13H,6-10H2,1-5H3. The van der Waals surface area contributed by atoms with Crippen molar-refractivity contribution in [2.75, 3.05) is 26.2 Å². The van der Waals surface area contributed by atoms with Crippen molar-refractivity contribution in [2.24, 2.45) is 11.8 Å². The highest BCUT2D eigenvalue weighted by molar-refractivity contribution is 4.93. The van der Waals surface area contributed by atoms with Crippen LogP contribution in [0.4, 0.5) is 0 Å². The first kappa shape index (κ1) is 12.4. The molecule has 0 N–H and O–H groups in total. The molecule has 2 aliphatic heterocycles. The minimum Gasteiger partial charge on any atom is -0.300 e. The second-order valence-corrected chi connectivity index (χ2v) is 6.97. The largest absolute Gasteiger partial charge is 0.300 e. The Morgan fingerprint density at radius 1 is 1.00 bits per heavy atom. The highest BCUT2D eigenvalue weighted by Gasteiger charge is 2.39. The zero-order chi connectivity index (χ0) is 11.9. The van der Waals surface area contributed by atoms with Crippen LogP contribution in [0.25, 0.3) is 0 Å². The highest BCUT2D eigenvalue weighted by atomic mass is 15.2. The van der Waals surface area contributed by atoms with E-state index in [1.54, 1.807) is 0 Å². The Morgan fingerprint density at radius 3 is 2.19 bits per heavy atom. The third-order valence-corrected chi connectivity index (χ3v) is 4.51. The summed E-state index contributed by atoms with van der Waals surface area (Å²) in [6, 6.07) is 0.730. The van der Waals surface area contributed by atoms with Gasteiger partial charge in [0.1, 0.15) is 0 Å². The molecular weight excluding hydrogens is 196 g/mol. The molecule has 0 aliphatic carbocycles. The molecular formula is C14H28N2. The maximum Gasteiger partial charge on any atom is 0.0125 e. The number of piperidine rings is 1. The van der Waals surface area contributed by atoms with E-state index in [-0.39, 0.29) is 0 Å². The Morgan fingerprint density at radius 2 is 1.62 bits per heavy atom. The summed E-state index contributed by atoms with van der Waals surface area (Å²) in [5.74, 6) is 1.90. The van der Waals surface area contributed by atoms with Crippen molar-refractivity contribution in [3.05, 3.63) is 0 Å². The third kappa shape index (κ3) is 2.43. The molecule has 2 heterocycles. The lowest BCUT2D eigenvalue weighted by Crippen LogP contribution is -2.49. The molecule has 2 aliphatic rings. The van der Waals surface area contributed by atoms with E-state index in [9.17, 15) is 0 Å². The summed E-state index contributed by atoms with van der Waals surface area (Å²) in [4.78, 5) is 5.35. The van der Waals surface area contributed by atoms with Gasteiger partial charge in [-0.2, -0.15) is 0 Å². The summed E-state index contributed by atoms with van der Waals surface area (Å²) >= 11 is 0. The van der Waals surface area contributed by atoms with Crippen molar-refractivity contribution in [1.82, 2.24) is 9.80 Å². The summed E-state index contributed by atoms with van der Waals surface area (Å²) < 4.78 is 0. The number of hydrogen-bond donors (Lipinski definition) is 0. The van der Waals surface area contributed by atoms with Gasteiger partial charge in [0.15, 0.2) is 0 Å². The molecule has 0 spiro atoms. The molecule has 0 bridgehead atoms. The third-order valence-electron chi connectivity index (χ3n) is 4.51. The maximum atomic E-state index is 2.68. The number of likely N-dealkylation sites (tertiary alicyclic amines) is 2. The molecule has 0 aromatic heterocycles. The first-order valence-corrected chi connectivity index (χ1v) is 6.87. The predicted molar refractivity (Wildman–Crippen MR) is 69.6 cm³/mol. The predicted octanol–water partition coefficient (Wildman–Crippen LogP) is 2.45. The van der Waals surface area contributed by atoms with Crippen molar-refractivity contribution in [1.29, 1.82) is 0 Å². The zero-order valence-corrected chi connectivity index (χ0v) is 11.7. The van der Waals surface area contributed by atoms with Crippen molar-refractivity contribution >= 4 is 0 Å². The lowest BCUT2D eigenvalue weighted by Gasteiger charge is -2.42. The van der Waals surface area contributed by atoms with Gasteiger partial charge in [-0.05, 0) is 59.4 Å². The fourth-order valence-corrected chi connectivity index (χ4v) is 3.24. The second-order valence-electron chi connectivity index (χ2n) is 6.97. The molecule has 2 heteroatoms. The van der Waals surface area contributed by atoms with Gasteiger partial charge in [-0.1, -0.05) is 0 Å². The van der Waals surface area contributed by atoms with Gasteiger partial charge in [0, 0.05) is 31.2 Å². The molecule has 0 saturated carbocycles. The van der Waals surface area contributed by atoms with Gasteiger partial charge < -0.3 is 4.90 Å². The molecule has 2 saturated heterocycles. The van der Waals surface area contributed by atoms with E-state index in [4.69, 9.17) is 0 Å². The Kier molecular flexibility index (Phi) is 3.33. The van der Waals surface area contributed by atoms with E-state index in [2.05, 4.69) is 44.4 Å². The first-order chi connectivity index (χ1) is 7.38. The van der Waals surface area contributed by atoms with E-state index in [0.717, 1.165) is 17.9 Å². The summed E-state index contributed by atoms with van der Waals surface area (Å²) in [7, 11) is 0. The van der Waals surface area contributed by atoms with Crippen LogP contribution in [0, 0.1) is 11.8 Å². The monoisotopic (exact) mass is 224 g/mol. The van der Waals surface area contributed by atoms with E-state index >= 15 is 0 Å². The zero-order valence-electron chi connectivity index (χ0n) is 11.7. The van der Waals surface area contributed by atoms with Gasteiger partial charge in [-0.3, -0.25) is 4.90 Å². The SMILES string of the molecule is CC(C)N1CC2CCN(C(C)(C)C)CC2C1. The molecule has 2 unspecified atom stereocenters. The Bertz CT molecular complexity index is 242. The summed E-state index contributed by atoms with van der Waals surface area (Å²) in [5.41, 5.74) is 0.357. The topological polar surface area (TPSA) is 6.48 Å². The van der Waals surface area contributed by atoms with Crippen LogP contribution in [-0.4, -0.2) is 47.6 Å². The van der Waals surface area contributed by atoms with Crippen molar-refractivity contribution in [3.8, 4) is 0 Å². The van der Waals surface area contributed by atoms with E-state index in [0.29, 0.717) is 5.54 Å². The Hall–Kier alpha value is -0.0800. The molecule has 0 aromatic rings. The molecule has 94 valence electrons. The van der Waals surface area contributed by atoms with Gasteiger partial charge in [0.2, 0.25) is 0 Å². The van der Waals surface area contributed by atoms with Gasteiger partial charge in [-0.25, -0.2) is 0 Å². The van der Waals surface area contributed by atoms with Crippen LogP contribution in [0.15, 0.2) is 0 Å². The van der Waals surface area contributed by atoms with Gasteiger partial charge >= 0.3 is 0 Å². The molecule has 2 rings (SSSR count). The molecule has 0 amide bonds. The van der Waals surface area contributed by atoms with Crippen LogP contribution in [0.2, 0.25) is 0 Å². The normalized spacial score (nSPS) is 33.4. The number of fused-ring (bicyclic) bond motifs is 1. The summed E-state index contributed by atoms with van der Waals surface area (Å²) in [6.07, 6.45) is 1.41. The second kappa shape index (κ2) is 4.30.